The van der Waals surface area contributed by atoms with Crippen molar-refractivity contribution in [3.63, 3.8) is 0 Å². The van der Waals surface area contributed by atoms with Crippen molar-refractivity contribution < 1.29 is 9.72 Å². The molecule has 0 aliphatic heterocycles. The SMILES string of the molecule is C/C(=N\NC(=O)c1cnccn1)c1cccc([N+](=O)[O-])c1. The lowest BCUT2D eigenvalue weighted by atomic mass is 10.1. The number of benzene rings is 1. The molecule has 1 heterocycles. The number of nitrogens with one attached hydrogen (secondary N) is 1. The molecule has 0 bridgehead atoms. The van der Waals surface area contributed by atoms with Gasteiger partial charge in [0, 0.05) is 30.1 Å². The fourth-order valence-corrected chi connectivity index (χ4v) is 1.52. The van der Waals surface area contributed by atoms with Crippen LogP contribution in [0.3, 0.4) is 0 Å². The van der Waals surface area contributed by atoms with Crippen molar-refractivity contribution in [3.8, 4) is 0 Å². The summed E-state index contributed by atoms with van der Waals surface area (Å²) in [4.78, 5) is 29.6. The van der Waals surface area contributed by atoms with Gasteiger partial charge in [-0.25, -0.2) is 10.4 Å². The number of hydrogen-bond donors (Lipinski definition) is 1. The van der Waals surface area contributed by atoms with Crippen molar-refractivity contribution in [2.75, 3.05) is 0 Å². The van der Waals surface area contributed by atoms with Gasteiger partial charge in [0.15, 0.2) is 0 Å². The molecular weight excluding hydrogens is 274 g/mol. The number of carbonyl (C=O) groups is 1. The van der Waals surface area contributed by atoms with Crippen LogP contribution in [0.1, 0.15) is 23.0 Å². The highest BCUT2D eigenvalue weighted by molar-refractivity contribution is 6.00. The average Bonchev–Trinajstić information content (AvgIpc) is 2.53. The van der Waals surface area contributed by atoms with Crippen LogP contribution in [0.4, 0.5) is 5.69 Å². The fourth-order valence-electron chi connectivity index (χ4n) is 1.52. The van der Waals surface area contributed by atoms with E-state index in [1.807, 2.05) is 0 Å². The summed E-state index contributed by atoms with van der Waals surface area (Å²) >= 11 is 0. The molecular formula is C13H11N5O3. The molecule has 8 heteroatoms. The molecule has 0 saturated heterocycles. The third kappa shape index (κ3) is 3.66. The molecule has 1 amide bonds. The molecule has 8 nitrogen and oxygen atoms in total. The van der Waals surface area contributed by atoms with Crippen LogP contribution in [0.15, 0.2) is 48.0 Å². The van der Waals surface area contributed by atoms with E-state index in [1.54, 1.807) is 19.1 Å². The Balaban J connectivity index is 2.13. The number of aromatic nitrogens is 2. The molecule has 2 aromatic rings. The van der Waals surface area contributed by atoms with Crippen molar-refractivity contribution in [1.29, 1.82) is 0 Å². The topological polar surface area (TPSA) is 110 Å². The summed E-state index contributed by atoms with van der Waals surface area (Å²) in [6, 6.07) is 5.99. The van der Waals surface area contributed by atoms with Crippen LogP contribution in [0, 0.1) is 10.1 Å². The highest BCUT2D eigenvalue weighted by atomic mass is 16.6. The molecule has 0 fully saturated rings. The Hall–Kier alpha value is -3.16. The van der Waals surface area contributed by atoms with Crippen LogP contribution >= 0.6 is 0 Å². The van der Waals surface area contributed by atoms with Gasteiger partial charge in [-0.2, -0.15) is 5.10 Å². The van der Waals surface area contributed by atoms with Gasteiger partial charge < -0.3 is 0 Å². The predicted octanol–water partition coefficient (Wildman–Crippen LogP) is 1.54. The van der Waals surface area contributed by atoms with Crippen LogP contribution < -0.4 is 5.43 Å². The number of non-ortho nitro benzene ring substituents is 1. The van der Waals surface area contributed by atoms with E-state index in [9.17, 15) is 14.9 Å². The third-order valence-corrected chi connectivity index (χ3v) is 2.60. The largest absolute Gasteiger partial charge is 0.291 e. The van der Waals surface area contributed by atoms with E-state index < -0.39 is 10.8 Å². The number of nitrogens with zero attached hydrogens (tertiary/aromatic N) is 4. The van der Waals surface area contributed by atoms with Gasteiger partial charge in [-0.1, -0.05) is 12.1 Å². The molecule has 0 saturated carbocycles. The van der Waals surface area contributed by atoms with Crippen LogP contribution in [0.25, 0.3) is 0 Å². The van der Waals surface area contributed by atoms with Crippen LogP contribution in [-0.2, 0) is 0 Å². The molecule has 0 radical (unpaired) electrons. The second kappa shape index (κ2) is 6.33. The molecule has 0 spiro atoms. The Kier molecular flexibility index (Phi) is 4.30. The normalized spacial score (nSPS) is 11.0. The summed E-state index contributed by atoms with van der Waals surface area (Å²) in [7, 11) is 0. The van der Waals surface area contributed by atoms with Crippen molar-refractivity contribution in [2.24, 2.45) is 5.10 Å². The maximum Gasteiger partial charge on any atom is 0.291 e. The molecule has 21 heavy (non-hydrogen) atoms. The summed E-state index contributed by atoms with van der Waals surface area (Å²) in [6.45, 7) is 1.63. The summed E-state index contributed by atoms with van der Waals surface area (Å²) in [5, 5.41) is 14.6. The molecule has 0 atom stereocenters. The third-order valence-electron chi connectivity index (χ3n) is 2.60. The Morgan fingerprint density at radius 3 is 2.86 bits per heavy atom. The maximum absolute atomic E-state index is 11.7. The van der Waals surface area contributed by atoms with Gasteiger partial charge in [0.1, 0.15) is 5.69 Å². The first-order chi connectivity index (χ1) is 10.1. The first kappa shape index (κ1) is 14.3. The van der Waals surface area contributed by atoms with Crippen LogP contribution in [0.2, 0.25) is 0 Å². The quantitative estimate of drug-likeness (QED) is 0.520. The highest BCUT2D eigenvalue weighted by Crippen LogP contribution is 2.13. The van der Waals surface area contributed by atoms with Crippen molar-refractivity contribution in [2.45, 2.75) is 6.92 Å². The Morgan fingerprint density at radius 2 is 2.19 bits per heavy atom. The second-order valence-corrected chi connectivity index (χ2v) is 4.04. The van der Waals surface area contributed by atoms with E-state index in [2.05, 4.69) is 20.5 Å². The summed E-state index contributed by atoms with van der Waals surface area (Å²) in [5.74, 6) is -0.507. The highest BCUT2D eigenvalue weighted by Gasteiger charge is 2.09. The minimum atomic E-state index is -0.507. The van der Waals surface area contributed by atoms with Gasteiger partial charge in [0.25, 0.3) is 11.6 Å². The van der Waals surface area contributed by atoms with Crippen molar-refractivity contribution >= 4 is 17.3 Å². The van der Waals surface area contributed by atoms with Gasteiger partial charge in [-0.15, -0.1) is 0 Å². The Labute approximate surface area is 119 Å². The zero-order chi connectivity index (χ0) is 15.2. The first-order valence-electron chi connectivity index (χ1n) is 5.93. The van der Waals surface area contributed by atoms with Gasteiger partial charge in [0.05, 0.1) is 16.8 Å². The minimum absolute atomic E-state index is 0.0395. The first-order valence-corrected chi connectivity index (χ1v) is 5.93. The van der Waals surface area contributed by atoms with E-state index in [4.69, 9.17) is 0 Å². The smallest absolute Gasteiger partial charge is 0.265 e. The van der Waals surface area contributed by atoms with Crippen molar-refractivity contribution in [3.05, 3.63) is 64.2 Å². The lowest BCUT2D eigenvalue weighted by molar-refractivity contribution is -0.384. The number of amides is 1. The molecule has 2 rings (SSSR count). The van der Waals surface area contributed by atoms with Crippen molar-refractivity contribution in [1.82, 2.24) is 15.4 Å². The second-order valence-electron chi connectivity index (χ2n) is 4.04. The summed E-state index contributed by atoms with van der Waals surface area (Å²) in [6.07, 6.45) is 4.16. The molecule has 106 valence electrons. The number of rotatable bonds is 4. The molecule has 1 aromatic carbocycles. The number of nitro groups is 1. The van der Waals surface area contributed by atoms with Gasteiger partial charge in [0.2, 0.25) is 0 Å². The number of nitro benzene ring substituents is 1. The Morgan fingerprint density at radius 1 is 1.38 bits per heavy atom. The maximum atomic E-state index is 11.7. The zero-order valence-electron chi connectivity index (χ0n) is 11.1. The summed E-state index contributed by atoms with van der Waals surface area (Å²) in [5.41, 5.74) is 3.40. The van der Waals surface area contributed by atoms with E-state index in [-0.39, 0.29) is 11.4 Å². The monoisotopic (exact) mass is 285 g/mol. The number of carbonyl (C=O) groups excluding carboxylic acids is 1. The lowest BCUT2D eigenvalue weighted by Gasteiger charge is -2.02. The van der Waals surface area contributed by atoms with E-state index in [1.165, 1.54) is 30.7 Å². The number of hydrazone groups is 1. The molecule has 1 aromatic heterocycles. The van der Waals surface area contributed by atoms with E-state index in [0.29, 0.717) is 11.3 Å². The zero-order valence-corrected chi connectivity index (χ0v) is 11.1. The fraction of sp³-hybridized carbons (Fsp3) is 0.0769. The standard InChI is InChI=1S/C13H11N5O3/c1-9(10-3-2-4-11(7-10)18(20)21)16-17-13(19)12-8-14-5-6-15-12/h2-8H,1H3,(H,17,19)/b16-9+. The molecule has 0 aliphatic carbocycles. The number of hydrogen-bond acceptors (Lipinski definition) is 6. The van der Waals surface area contributed by atoms with Crippen LogP contribution in [-0.4, -0.2) is 26.5 Å². The molecule has 0 aliphatic rings. The minimum Gasteiger partial charge on any atom is -0.265 e. The lowest BCUT2D eigenvalue weighted by Crippen LogP contribution is -2.20. The predicted molar refractivity (Wildman–Crippen MR) is 74.8 cm³/mol. The van der Waals surface area contributed by atoms with Gasteiger partial charge in [-0.3, -0.25) is 19.9 Å². The van der Waals surface area contributed by atoms with Gasteiger partial charge >= 0.3 is 0 Å². The van der Waals surface area contributed by atoms with Gasteiger partial charge in [-0.05, 0) is 6.92 Å². The summed E-state index contributed by atoms with van der Waals surface area (Å²) < 4.78 is 0. The molecule has 0 unspecified atom stereocenters. The van der Waals surface area contributed by atoms with Crippen LogP contribution in [0.5, 0.6) is 0 Å². The van der Waals surface area contributed by atoms with E-state index in [0.717, 1.165) is 0 Å². The molecule has 1 N–H and O–H groups in total. The average molecular weight is 285 g/mol. The van der Waals surface area contributed by atoms with E-state index >= 15 is 0 Å². The Bertz CT molecular complexity index is 700.